The van der Waals surface area contributed by atoms with E-state index in [2.05, 4.69) is 31.6 Å². The fourth-order valence-corrected chi connectivity index (χ4v) is 3.52. The predicted octanol–water partition coefficient (Wildman–Crippen LogP) is 1.97. The van der Waals surface area contributed by atoms with Crippen LogP contribution >= 0.6 is 11.3 Å². The van der Waals surface area contributed by atoms with Gasteiger partial charge in [0.25, 0.3) is 0 Å². The Morgan fingerprint density at radius 1 is 1.28 bits per heavy atom. The van der Waals surface area contributed by atoms with Crippen LogP contribution in [0.5, 0.6) is 5.88 Å². The summed E-state index contributed by atoms with van der Waals surface area (Å²) in [4.78, 5) is 26.9. The maximum Gasteiger partial charge on any atom is 0.322 e. The number of nitrogens with one attached hydrogen (secondary N) is 1. The number of piperazine rings is 1. The lowest BCUT2D eigenvalue weighted by Gasteiger charge is -2.35. The molecule has 1 aliphatic rings. The van der Waals surface area contributed by atoms with Gasteiger partial charge in [-0.15, -0.1) is 11.3 Å². The number of amides is 2. The van der Waals surface area contributed by atoms with Crippen molar-refractivity contribution in [3.63, 3.8) is 0 Å². The smallest absolute Gasteiger partial charge is 0.322 e. The monoisotopic (exact) mass is 362 g/mol. The van der Waals surface area contributed by atoms with E-state index in [0.717, 1.165) is 13.1 Å². The van der Waals surface area contributed by atoms with Crippen LogP contribution in [0.3, 0.4) is 0 Å². The van der Waals surface area contributed by atoms with Crippen LogP contribution in [0.25, 0.3) is 0 Å². The molecule has 0 aromatic carbocycles. The highest BCUT2D eigenvalue weighted by molar-refractivity contribution is 7.14. The zero-order valence-electron chi connectivity index (χ0n) is 14.6. The molecule has 3 rings (SSSR count). The molecule has 8 nitrogen and oxygen atoms in total. The molecule has 9 heteroatoms. The minimum Gasteiger partial charge on any atom is -0.479 e. The molecule has 2 aromatic rings. The van der Waals surface area contributed by atoms with Crippen LogP contribution in [0.4, 0.5) is 21.3 Å². The lowest BCUT2D eigenvalue weighted by Crippen LogP contribution is -2.50. The number of methoxy groups -OCH3 is 1. The summed E-state index contributed by atoms with van der Waals surface area (Å²) in [6, 6.07) is 3.99. The van der Waals surface area contributed by atoms with E-state index in [0.29, 0.717) is 30.5 Å². The molecule has 1 fully saturated rings. The number of ether oxygens (including phenoxy) is 1. The molecule has 0 spiro atoms. The Hall–Kier alpha value is -2.55. The summed E-state index contributed by atoms with van der Waals surface area (Å²) in [7, 11) is 5.24. The van der Waals surface area contributed by atoms with E-state index in [1.165, 1.54) is 18.4 Å². The average molecular weight is 362 g/mol. The number of carbonyl (C=O) groups excluding carboxylic acids is 1. The van der Waals surface area contributed by atoms with E-state index in [4.69, 9.17) is 4.74 Å². The third kappa shape index (κ3) is 3.76. The number of carbonyl (C=O) groups is 1. The summed E-state index contributed by atoms with van der Waals surface area (Å²) < 4.78 is 5.27. The van der Waals surface area contributed by atoms with Crippen LogP contribution in [0.15, 0.2) is 23.8 Å². The maximum absolute atomic E-state index is 12.7. The zero-order chi connectivity index (χ0) is 17.8. The first-order chi connectivity index (χ1) is 12.1. The second-order valence-corrected chi connectivity index (χ2v) is 6.76. The Balaban J connectivity index is 1.67. The number of anilines is 3. The van der Waals surface area contributed by atoms with Gasteiger partial charge in [0, 0.05) is 40.3 Å². The topological polar surface area (TPSA) is 73.8 Å². The SMILES string of the molecule is COc1ncnc(N(C)C)c1NC(=O)N1CCN(c2cccs2)CC1. The molecule has 2 aromatic heterocycles. The van der Waals surface area contributed by atoms with Crippen molar-refractivity contribution in [3.8, 4) is 5.88 Å². The Labute approximate surface area is 151 Å². The fraction of sp³-hybridized carbons (Fsp3) is 0.438. The van der Waals surface area contributed by atoms with E-state index >= 15 is 0 Å². The first-order valence-electron chi connectivity index (χ1n) is 8.01. The van der Waals surface area contributed by atoms with Crippen LogP contribution in [-0.4, -0.2) is 68.3 Å². The average Bonchev–Trinajstić information content (AvgIpc) is 3.16. The molecule has 0 aliphatic carbocycles. The summed E-state index contributed by atoms with van der Waals surface area (Å²) in [5, 5.41) is 6.22. The molecule has 1 aliphatic heterocycles. The molecule has 3 heterocycles. The summed E-state index contributed by atoms with van der Waals surface area (Å²) in [6.07, 6.45) is 1.42. The summed E-state index contributed by atoms with van der Waals surface area (Å²) >= 11 is 1.72. The number of thiophene rings is 1. The molecule has 2 amide bonds. The zero-order valence-corrected chi connectivity index (χ0v) is 15.4. The van der Waals surface area contributed by atoms with Gasteiger partial charge in [0.1, 0.15) is 12.0 Å². The van der Waals surface area contributed by atoms with Gasteiger partial charge in [-0.3, -0.25) is 5.32 Å². The largest absolute Gasteiger partial charge is 0.479 e. The summed E-state index contributed by atoms with van der Waals surface area (Å²) in [5.74, 6) is 0.960. The summed E-state index contributed by atoms with van der Waals surface area (Å²) in [5.41, 5.74) is 0.487. The molecule has 0 radical (unpaired) electrons. The van der Waals surface area contributed by atoms with Gasteiger partial charge in [-0.25, -0.2) is 9.78 Å². The van der Waals surface area contributed by atoms with Gasteiger partial charge < -0.3 is 19.4 Å². The molecule has 1 saturated heterocycles. The van der Waals surface area contributed by atoms with Crippen LogP contribution in [0.1, 0.15) is 0 Å². The lowest BCUT2D eigenvalue weighted by atomic mass is 10.3. The van der Waals surface area contributed by atoms with Crippen molar-refractivity contribution in [1.82, 2.24) is 14.9 Å². The first kappa shape index (κ1) is 17.3. The third-order valence-electron chi connectivity index (χ3n) is 4.03. The minimum atomic E-state index is -0.165. The second-order valence-electron chi connectivity index (χ2n) is 5.83. The molecular formula is C16H22N6O2S. The van der Waals surface area contributed by atoms with Gasteiger partial charge in [0.15, 0.2) is 5.82 Å². The van der Waals surface area contributed by atoms with E-state index < -0.39 is 0 Å². The number of hydrogen-bond donors (Lipinski definition) is 1. The van der Waals surface area contributed by atoms with E-state index in [9.17, 15) is 4.79 Å². The highest BCUT2D eigenvalue weighted by Gasteiger charge is 2.24. The number of aromatic nitrogens is 2. The van der Waals surface area contributed by atoms with E-state index in [-0.39, 0.29) is 6.03 Å². The fourth-order valence-electron chi connectivity index (χ4n) is 2.73. The number of rotatable bonds is 4. The van der Waals surface area contributed by atoms with Crippen molar-refractivity contribution in [2.24, 2.45) is 0 Å². The van der Waals surface area contributed by atoms with Crippen molar-refractivity contribution in [2.75, 3.05) is 62.5 Å². The van der Waals surface area contributed by atoms with Gasteiger partial charge in [0.05, 0.1) is 12.1 Å². The molecule has 134 valence electrons. The molecule has 0 bridgehead atoms. The number of hydrogen-bond acceptors (Lipinski definition) is 7. The van der Waals surface area contributed by atoms with Crippen LogP contribution in [0.2, 0.25) is 0 Å². The van der Waals surface area contributed by atoms with E-state index in [1.54, 1.807) is 16.2 Å². The summed E-state index contributed by atoms with van der Waals surface area (Å²) in [6.45, 7) is 2.96. The van der Waals surface area contributed by atoms with Crippen LogP contribution in [0, 0.1) is 0 Å². The van der Waals surface area contributed by atoms with Crippen molar-refractivity contribution >= 4 is 33.9 Å². The second kappa shape index (κ2) is 7.56. The van der Waals surface area contributed by atoms with Gasteiger partial charge in [0.2, 0.25) is 5.88 Å². The quantitative estimate of drug-likeness (QED) is 0.896. The Morgan fingerprint density at radius 3 is 2.64 bits per heavy atom. The van der Waals surface area contributed by atoms with Crippen molar-refractivity contribution < 1.29 is 9.53 Å². The van der Waals surface area contributed by atoms with Gasteiger partial charge in [-0.1, -0.05) is 0 Å². The van der Waals surface area contributed by atoms with Gasteiger partial charge >= 0.3 is 6.03 Å². The highest BCUT2D eigenvalue weighted by Crippen LogP contribution is 2.30. The minimum absolute atomic E-state index is 0.165. The van der Waals surface area contributed by atoms with Crippen molar-refractivity contribution in [1.29, 1.82) is 0 Å². The normalized spacial score (nSPS) is 14.4. The number of urea groups is 1. The third-order valence-corrected chi connectivity index (χ3v) is 4.96. The van der Waals surface area contributed by atoms with Crippen LogP contribution < -0.4 is 19.9 Å². The Morgan fingerprint density at radius 2 is 2.04 bits per heavy atom. The van der Waals surface area contributed by atoms with Crippen LogP contribution in [-0.2, 0) is 0 Å². The molecule has 1 N–H and O–H groups in total. The predicted molar refractivity (Wildman–Crippen MR) is 100 cm³/mol. The maximum atomic E-state index is 12.7. The molecule has 0 unspecified atom stereocenters. The highest BCUT2D eigenvalue weighted by atomic mass is 32.1. The Bertz CT molecular complexity index is 713. The molecular weight excluding hydrogens is 340 g/mol. The van der Waals surface area contributed by atoms with Gasteiger partial charge in [-0.2, -0.15) is 4.98 Å². The standard InChI is InChI=1S/C16H22N6O2S/c1-20(2)14-13(15(24-3)18-11-17-14)19-16(23)22-8-6-21(7-9-22)12-5-4-10-25-12/h4-5,10-11H,6-9H2,1-3H3,(H,19,23). The molecule has 0 saturated carbocycles. The van der Waals surface area contributed by atoms with Crippen molar-refractivity contribution in [2.45, 2.75) is 0 Å². The van der Waals surface area contributed by atoms with E-state index in [1.807, 2.05) is 25.1 Å². The molecule has 25 heavy (non-hydrogen) atoms. The molecule has 0 atom stereocenters. The van der Waals surface area contributed by atoms with Gasteiger partial charge in [-0.05, 0) is 17.5 Å². The lowest BCUT2D eigenvalue weighted by molar-refractivity contribution is 0.208. The van der Waals surface area contributed by atoms with Crippen molar-refractivity contribution in [3.05, 3.63) is 23.8 Å². The number of nitrogens with zero attached hydrogens (tertiary/aromatic N) is 5. The Kier molecular flexibility index (Phi) is 5.22. The first-order valence-corrected chi connectivity index (χ1v) is 8.89.